The van der Waals surface area contributed by atoms with E-state index in [2.05, 4.69) is 6.07 Å². The van der Waals surface area contributed by atoms with Gasteiger partial charge >= 0.3 is 0 Å². The highest BCUT2D eigenvalue weighted by molar-refractivity contribution is 7.07. The van der Waals surface area contributed by atoms with Gasteiger partial charge in [0.2, 0.25) is 5.78 Å². The first-order valence-corrected chi connectivity index (χ1v) is 7.87. The minimum absolute atomic E-state index is 0.194. The van der Waals surface area contributed by atoms with Crippen LogP contribution >= 0.6 is 11.3 Å². The Balaban J connectivity index is 2.09. The van der Waals surface area contributed by atoms with Crippen molar-refractivity contribution in [2.75, 3.05) is 0 Å². The molecule has 0 unspecified atom stereocenters. The molecule has 118 valence electrons. The number of carbonyl (C=O) groups excluding carboxylic acids is 1. The number of nitriles is 1. The maximum atomic E-state index is 12.3. The van der Waals surface area contributed by atoms with Crippen molar-refractivity contribution in [2.24, 2.45) is 7.05 Å². The summed E-state index contributed by atoms with van der Waals surface area (Å²) in [5.41, 5.74) is 1.09. The quantitative estimate of drug-likeness (QED) is 0.678. The first-order chi connectivity index (χ1) is 11.6. The number of carbonyl (C=O) groups is 1. The fourth-order valence-electron chi connectivity index (χ4n) is 2.16. The van der Waals surface area contributed by atoms with Crippen molar-refractivity contribution in [3.63, 3.8) is 0 Å². The summed E-state index contributed by atoms with van der Waals surface area (Å²) in [6, 6.07) is 12.3. The average molecular weight is 336 g/mol. The largest absolute Gasteiger partial charge is 0.461 e. The monoisotopic (exact) mass is 336 g/mol. The van der Waals surface area contributed by atoms with Crippen molar-refractivity contribution in [3.05, 3.63) is 79.1 Å². The average Bonchev–Trinajstić information content (AvgIpc) is 3.21. The summed E-state index contributed by atoms with van der Waals surface area (Å²) in [7, 11) is 1.61. The summed E-state index contributed by atoms with van der Waals surface area (Å²) in [6.07, 6.45) is 4.52. The van der Waals surface area contributed by atoms with E-state index in [-0.39, 0.29) is 17.1 Å². The Hall–Kier alpha value is -3.17. The minimum atomic E-state index is -0.296. The number of rotatable bonds is 3. The number of hydrogen-bond acceptors (Lipinski definition) is 5. The van der Waals surface area contributed by atoms with Crippen LogP contribution in [0.1, 0.15) is 21.7 Å². The SMILES string of the molecule is Cn1c(=CC(=O)c2ccco2)sc(=Cc2cccc(C#N)c2)c1=O. The molecule has 0 aliphatic rings. The highest BCUT2D eigenvalue weighted by Gasteiger charge is 2.07. The lowest BCUT2D eigenvalue weighted by atomic mass is 10.1. The van der Waals surface area contributed by atoms with Gasteiger partial charge in [0, 0.05) is 13.1 Å². The second-order valence-corrected chi connectivity index (χ2v) is 6.10. The van der Waals surface area contributed by atoms with Crippen LogP contribution in [0.4, 0.5) is 0 Å². The van der Waals surface area contributed by atoms with Crippen LogP contribution in [0, 0.1) is 11.3 Å². The number of hydrogen-bond donors (Lipinski definition) is 0. The molecule has 0 bridgehead atoms. The number of benzene rings is 1. The summed E-state index contributed by atoms with van der Waals surface area (Å²) in [4.78, 5) is 24.4. The van der Waals surface area contributed by atoms with Crippen LogP contribution in [-0.2, 0) is 7.05 Å². The third-order valence-electron chi connectivity index (χ3n) is 3.39. The topological polar surface area (TPSA) is 76.0 Å². The van der Waals surface area contributed by atoms with Crippen LogP contribution < -0.4 is 14.8 Å². The van der Waals surface area contributed by atoms with Gasteiger partial charge in [-0.25, -0.2) is 0 Å². The van der Waals surface area contributed by atoms with E-state index in [1.165, 1.54) is 28.2 Å². The highest BCUT2D eigenvalue weighted by Crippen LogP contribution is 2.04. The predicted octanol–water partition coefficient (Wildman–Crippen LogP) is 1.40. The standard InChI is InChI=1S/C18H12N2O3S/c1-20-17(10-14(21)15-6-3-7-23-15)24-16(18(20)22)9-12-4-2-5-13(8-12)11-19/h2-10H,1H3. The molecule has 0 fully saturated rings. The Kier molecular flexibility index (Phi) is 4.27. The van der Waals surface area contributed by atoms with Crippen LogP contribution in [0.15, 0.2) is 51.9 Å². The lowest BCUT2D eigenvalue weighted by Gasteiger charge is -1.91. The second kappa shape index (κ2) is 6.52. The van der Waals surface area contributed by atoms with E-state index in [1.54, 1.807) is 43.5 Å². The van der Waals surface area contributed by atoms with Gasteiger partial charge in [-0.15, -0.1) is 11.3 Å². The van der Waals surface area contributed by atoms with E-state index in [0.717, 1.165) is 5.56 Å². The first kappa shape index (κ1) is 15.7. The smallest absolute Gasteiger partial charge is 0.268 e. The Labute approximate surface area is 141 Å². The Bertz CT molecular complexity index is 1110. The van der Waals surface area contributed by atoms with Gasteiger partial charge in [-0.1, -0.05) is 12.1 Å². The minimum Gasteiger partial charge on any atom is -0.461 e. The summed E-state index contributed by atoms with van der Waals surface area (Å²) in [6.45, 7) is 0. The predicted molar refractivity (Wildman–Crippen MR) is 91.0 cm³/mol. The molecular weight excluding hydrogens is 324 g/mol. The zero-order chi connectivity index (χ0) is 17.1. The van der Waals surface area contributed by atoms with Gasteiger partial charge in [-0.05, 0) is 35.9 Å². The number of furan rings is 1. The molecule has 0 amide bonds. The molecule has 0 spiro atoms. The van der Waals surface area contributed by atoms with E-state index in [4.69, 9.17) is 9.68 Å². The third kappa shape index (κ3) is 3.12. The summed E-state index contributed by atoms with van der Waals surface area (Å²) < 4.78 is 7.51. The lowest BCUT2D eigenvalue weighted by Crippen LogP contribution is -2.29. The van der Waals surface area contributed by atoms with Gasteiger partial charge in [0.15, 0.2) is 5.76 Å². The molecule has 0 radical (unpaired) electrons. The molecule has 0 saturated heterocycles. The molecule has 24 heavy (non-hydrogen) atoms. The highest BCUT2D eigenvalue weighted by atomic mass is 32.1. The summed E-state index contributed by atoms with van der Waals surface area (Å²) >= 11 is 1.21. The van der Waals surface area contributed by atoms with Gasteiger partial charge in [0.1, 0.15) is 4.66 Å². The summed E-state index contributed by atoms with van der Waals surface area (Å²) in [5.74, 6) is -0.0713. The van der Waals surface area contributed by atoms with E-state index < -0.39 is 0 Å². The van der Waals surface area contributed by atoms with Crippen molar-refractivity contribution in [1.82, 2.24) is 4.57 Å². The molecule has 5 nitrogen and oxygen atoms in total. The normalized spacial score (nSPS) is 12.3. The molecule has 2 heterocycles. The van der Waals surface area contributed by atoms with Crippen molar-refractivity contribution in [3.8, 4) is 6.07 Å². The van der Waals surface area contributed by atoms with Gasteiger partial charge in [-0.3, -0.25) is 9.59 Å². The van der Waals surface area contributed by atoms with Gasteiger partial charge in [-0.2, -0.15) is 5.26 Å². The molecule has 0 aliphatic carbocycles. The fourth-order valence-corrected chi connectivity index (χ4v) is 3.19. The van der Waals surface area contributed by atoms with E-state index in [9.17, 15) is 9.59 Å². The Morgan fingerprint density at radius 3 is 2.88 bits per heavy atom. The number of nitrogens with zero attached hydrogens (tertiary/aromatic N) is 2. The third-order valence-corrected chi connectivity index (χ3v) is 4.51. The van der Waals surface area contributed by atoms with Crippen LogP contribution in [0.2, 0.25) is 0 Å². The molecule has 0 atom stereocenters. The maximum Gasteiger partial charge on any atom is 0.268 e. The molecule has 3 aromatic rings. The van der Waals surface area contributed by atoms with Crippen LogP contribution in [0.25, 0.3) is 12.2 Å². The number of aromatic nitrogens is 1. The van der Waals surface area contributed by atoms with Crippen LogP contribution in [0.5, 0.6) is 0 Å². The van der Waals surface area contributed by atoms with Gasteiger partial charge in [0.25, 0.3) is 5.56 Å². The van der Waals surface area contributed by atoms with Crippen molar-refractivity contribution >= 4 is 29.3 Å². The molecule has 2 aromatic heterocycles. The van der Waals surface area contributed by atoms with Gasteiger partial charge in [0.05, 0.1) is 22.4 Å². The zero-order valence-corrected chi connectivity index (χ0v) is 13.5. The Morgan fingerprint density at radius 2 is 2.17 bits per heavy atom. The van der Waals surface area contributed by atoms with Crippen LogP contribution in [-0.4, -0.2) is 10.4 Å². The Morgan fingerprint density at radius 1 is 1.33 bits per heavy atom. The van der Waals surface area contributed by atoms with E-state index >= 15 is 0 Å². The van der Waals surface area contributed by atoms with E-state index in [0.29, 0.717) is 14.8 Å². The summed E-state index contributed by atoms with van der Waals surface area (Å²) in [5, 5.41) is 8.94. The lowest BCUT2D eigenvalue weighted by molar-refractivity contribution is 0.103. The van der Waals surface area contributed by atoms with Crippen molar-refractivity contribution in [2.45, 2.75) is 0 Å². The molecule has 1 aromatic carbocycles. The number of ketones is 1. The fraction of sp³-hybridized carbons (Fsp3) is 0.0556. The molecule has 0 saturated carbocycles. The number of Topliss-reactive ketones (excluding diaryl/α,β-unsaturated/α-hetero) is 1. The maximum absolute atomic E-state index is 12.3. The van der Waals surface area contributed by atoms with Gasteiger partial charge < -0.3 is 8.98 Å². The molecule has 3 rings (SSSR count). The number of thiazole rings is 1. The first-order valence-electron chi connectivity index (χ1n) is 7.06. The zero-order valence-electron chi connectivity index (χ0n) is 12.7. The van der Waals surface area contributed by atoms with Crippen molar-refractivity contribution in [1.29, 1.82) is 5.26 Å². The molecule has 0 N–H and O–H groups in total. The molecule has 0 aliphatic heterocycles. The van der Waals surface area contributed by atoms with Crippen LogP contribution in [0.3, 0.4) is 0 Å². The van der Waals surface area contributed by atoms with Crippen molar-refractivity contribution < 1.29 is 9.21 Å². The molecular formula is C18H12N2O3S. The van der Waals surface area contributed by atoms with E-state index in [1.807, 2.05) is 6.07 Å². The second-order valence-electron chi connectivity index (χ2n) is 5.04. The molecule has 6 heteroatoms.